The zero-order chi connectivity index (χ0) is 25.5. The molecule has 9 nitrogen and oxygen atoms in total. The van der Waals surface area contributed by atoms with E-state index in [-0.39, 0.29) is 27.7 Å². The first-order valence-electron chi connectivity index (χ1n) is 11.3. The van der Waals surface area contributed by atoms with Crippen LogP contribution in [-0.4, -0.2) is 41.5 Å². The van der Waals surface area contributed by atoms with Crippen LogP contribution in [0.15, 0.2) is 53.6 Å². The van der Waals surface area contributed by atoms with Crippen LogP contribution in [0.4, 0.5) is 11.6 Å². The third-order valence-corrected chi connectivity index (χ3v) is 7.44. The number of amides is 1. The summed E-state index contributed by atoms with van der Waals surface area (Å²) in [5, 5.41) is 10.3. The Hall–Kier alpha value is -3.66. The lowest BCUT2D eigenvalue weighted by Crippen LogP contribution is -2.41. The van der Waals surface area contributed by atoms with Gasteiger partial charge in [-0.25, -0.2) is 14.7 Å². The van der Waals surface area contributed by atoms with Gasteiger partial charge < -0.3 is 15.7 Å². The van der Waals surface area contributed by atoms with Gasteiger partial charge in [0.05, 0.1) is 11.3 Å². The number of rotatable bonds is 5. The maximum Gasteiger partial charge on any atom is 0.281 e. The Bertz CT molecular complexity index is 1400. The van der Waals surface area contributed by atoms with Gasteiger partial charge in [-0.15, -0.1) is 0 Å². The average molecular weight is 496 g/mol. The van der Waals surface area contributed by atoms with E-state index in [2.05, 4.69) is 30.5 Å². The number of sulfonamides is 1. The summed E-state index contributed by atoms with van der Waals surface area (Å²) in [6.45, 7) is 8.68. The summed E-state index contributed by atoms with van der Waals surface area (Å²) < 4.78 is 27.8. The largest absolute Gasteiger partial charge is 0.507 e. The first-order valence-corrected chi connectivity index (χ1v) is 12.7. The van der Waals surface area contributed by atoms with Crippen LogP contribution in [0.25, 0.3) is 11.3 Å². The zero-order valence-electron chi connectivity index (χ0n) is 20.1. The van der Waals surface area contributed by atoms with Crippen molar-refractivity contribution in [3.8, 4) is 17.0 Å². The summed E-state index contributed by atoms with van der Waals surface area (Å²) in [7, 11) is -4.26. The van der Waals surface area contributed by atoms with Crippen LogP contribution in [0.3, 0.4) is 0 Å². The fraction of sp³-hybridized carbons (Fsp3) is 0.320. The second-order valence-corrected chi connectivity index (χ2v) is 11.2. The van der Waals surface area contributed by atoms with Crippen molar-refractivity contribution in [3.63, 3.8) is 0 Å². The number of aromatic hydroxyl groups is 1. The van der Waals surface area contributed by atoms with Gasteiger partial charge in [0.25, 0.3) is 15.9 Å². The molecule has 0 radical (unpaired) electrons. The molecule has 2 aromatic heterocycles. The van der Waals surface area contributed by atoms with Gasteiger partial charge in [-0.2, -0.15) is 8.42 Å². The molecule has 0 saturated carbocycles. The average Bonchev–Trinajstić information content (AvgIpc) is 3.06. The van der Waals surface area contributed by atoms with Crippen molar-refractivity contribution < 1.29 is 18.3 Å². The van der Waals surface area contributed by atoms with E-state index in [0.29, 0.717) is 35.1 Å². The lowest BCUT2D eigenvalue weighted by atomic mass is 9.97. The van der Waals surface area contributed by atoms with Gasteiger partial charge in [0, 0.05) is 17.6 Å². The molecule has 0 unspecified atom stereocenters. The van der Waals surface area contributed by atoms with Gasteiger partial charge in [0.15, 0.2) is 5.03 Å². The molecule has 3 heterocycles. The van der Waals surface area contributed by atoms with Crippen molar-refractivity contribution in [2.75, 3.05) is 17.2 Å². The predicted molar refractivity (Wildman–Crippen MR) is 135 cm³/mol. The van der Waals surface area contributed by atoms with Crippen molar-refractivity contribution in [2.24, 2.45) is 5.92 Å². The predicted octanol–water partition coefficient (Wildman–Crippen LogP) is 3.48. The van der Waals surface area contributed by atoms with Crippen LogP contribution in [-0.2, 0) is 10.0 Å². The van der Waals surface area contributed by atoms with E-state index >= 15 is 0 Å². The molecule has 1 amide bonds. The first-order chi connectivity index (χ1) is 16.4. The summed E-state index contributed by atoms with van der Waals surface area (Å²) in [5.41, 5.74) is 7.11. The molecule has 184 valence electrons. The number of nitrogens with zero attached hydrogens (tertiary/aromatic N) is 3. The molecule has 1 aliphatic rings. The van der Waals surface area contributed by atoms with Crippen molar-refractivity contribution >= 4 is 27.6 Å². The monoisotopic (exact) mass is 495 g/mol. The number of phenols is 1. The van der Waals surface area contributed by atoms with E-state index in [1.165, 1.54) is 24.3 Å². The lowest BCUT2D eigenvalue weighted by Gasteiger charge is -2.34. The van der Waals surface area contributed by atoms with Gasteiger partial charge in [-0.05, 0) is 69.0 Å². The minimum atomic E-state index is -4.26. The highest BCUT2D eigenvalue weighted by molar-refractivity contribution is 7.90. The van der Waals surface area contributed by atoms with Crippen LogP contribution in [0.2, 0.25) is 0 Å². The first kappa shape index (κ1) is 24.5. The molecule has 0 aliphatic carbocycles. The molecular formula is C25H29N5O4S. The second kappa shape index (κ2) is 8.84. The highest BCUT2D eigenvalue weighted by Gasteiger charge is 2.39. The van der Waals surface area contributed by atoms with Crippen LogP contribution in [0.5, 0.6) is 5.75 Å². The normalized spacial score (nSPS) is 17.4. The fourth-order valence-corrected chi connectivity index (χ4v) is 5.56. The van der Waals surface area contributed by atoms with Gasteiger partial charge >= 0.3 is 0 Å². The maximum absolute atomic E-state index is 13.3. The summed E-state index contributed by atoms with van der Waals surface area (Å²) in [4.78, 5) is 23.9. The number of phenolic OH excluding ortho intramolecular Hbond substituents is 1. The number of pyridine rings is 2. The van der Waals surface area contributed by atoms with Crippen LogP contribution in [0, 0.1) is 12.8 Å². The molecule has 1 atom stereocenters. The number of nitrogens with one attached hydrogen (secondary N) is 1. The number of carbonyl (C=O) groups is 1. The Morgan fingerprint density at radius 1 is 1.14 bits per heavy atom. The third kappa shape index (κ3) is 4.79. The number of benzene rings is 1. The van der Waals surface area contributed by atoms with Crippen molar-refractivity contribution in [1.82, 2.24) is 14.7 Å². The molecule has 4 N–H and O–H groups in total. The Morgan fingerprint density at radius 2 is 1.86 bits per heavy atom. The molecule has 1 aliphatic heterocycles. The smallest absolute Gasteiger partial charge is 0.281 e. The number of hydrogen-bond donors (Lipinski definition) is 3. The molecule has 1 saturated heterocycles. The maximum atomic E-state index is 13.3. The zero-order valence-corrected chi connectivity index (χ0v) is 20.9. The fourth-order valence-electron chi connectivity index (χ4n) is 4.62. The number of anilines is 2. The van der Waals surface area contributed by atoms with Crippen LogP contribution >= 0.6 is 0 Å². The molecule has 0 spiro atoms. The summed E-state index contributed by atoms with van der Waals surface area (Å²) in [6.07, 6.45) is 0.876. The van der Waals surface area contributed by atoms with Crippen molar-refractivity contribution in [1.29, 1.82) is 0 Å². The van der Waals surface area contributed by atoms with E-state index in [4.69, 9.17) is 10.7 Å². The van der Waals surface area contributed by atoms with Gasteiger partial charge in [0.2, 0.25) is 0 Å². The molecule has 1 fully saturated rings. The number of aryl methyl sites for hydroxylation is 1. The highest BCUT2D eigenvalue weighted by atomic mass is 32.2. The molecular weight excluding hydrogens is 466 g/mol. The molecule has 10 heteroatoms. The van der Waals surface area contributed by atoms with E-state index in [1.807, 2.05) is 11.0 Å². The van der Waals surface area contributed by atoms with Gasteiger partial charge in [-0.1, -0.05) is 25.1 Å². The topological polar surface area (TPSA) is 139 Å². The minimum Gasteiger partial charge on any atom is -0.507 e. The molecule has 3 aromatic rings. The quantitative estimate of drug-likeness (QED) is 0.489. The molecule has 1 aromatic carbocycles. The second-order valence-electron chi connectivity index (χ2n) is 9.61. The number of carbonyl (C=O) groups excluding carboxylic acids is 1. The van der Waals surface area contributed by atoms with Crippen LogP contribution < -0.4 is 15.4 Å². The van der Waals surface area contributed by atoms with Crippen molar-refractivity contribution in [2.45, 2.75) is 44.7 Å². The minimum absolute atomic E-state index is 0.0257. The SMILES string of the molecule is Cc1cccc(-c2ccc(C(=O)NS(=O)(=O)c3cccc(N)n3)c(N3C[C@@H](C)CC3(C)C)n2)c1O. The van der Waals surface area contributed by atoms with E-state index in [1.54, 1.807) is 25.1 Å². The number of nitrogen functional groups attached to an aromatic ring is 1. The molecule has 35 heavy (non-hydrogen) atoms. The van der Waals surface area contributed by atoms with Crippen LogP contribution in [0.1, 0.15) is 43.1 Å². The van der Waals surface area contributed by atoms with E-state index < -0.39 is 15.9 Å². The highest BCUT2D eigenvalue weighted by Crippen LogP contribution is 2.39. The number of nitrogens with two attached hydrogens (primary N) is 1. The summed E-state index contributed by atoms with van der Waals surface area (Å²) in [5.74, 6) is 0.00219. The summed E-state index contributed by atoms with van der Waals surface area (Å²) >= 11 is 0. The summed E-state index contributed by atoms with van der Waals surface area (Å²) in [6, 6.07) is 12.7. The Kier molecular flexibility index (Phi) is 6.18. The Morgan fingerprint density at radius 3 is 2.51 bits per heavy atom. The van der Waals surface area contributed by atoms with Gasteiger partial charge in [-0.3, -0.25) is 4.79 Å². The lowest BCUT2D eigenvalue weighted by molar-refractivity contribution is 0.0981. The molecule has 0 bridgehead atoms. The number of aromatic nitrogens is 2. The van der Waals surface area contributed by atoms with E-state index in [0.717, 1.165) is 6.42 Å². The molecule has 4 rings (SSSR count). The standard InChI is InChI=1S/C25H29N5O4S/c1-15-13-25(3,4)30(14-15)23-18(11-12-19(27-23)17-8-5-7-16(2)22(17)31)24(32)29-35(33,34)21-10-6-9-20(26)28-21/h5-12,15,31H,13-14H2,1-4H3,(H2,26,28)(H,29,32)/t15-/m0/s1. The Balaban J connectivity index is 1.80. The number of hydrogen-bond acceptors (Lipinski definition) is 8. The Labute approximate surface area is 205 Å². The number of para-hydroxylation sites is 1. The third-order valence-electron chi connectivity index (χ3n) is 6.21. The van der Waals surface area contributed by atoms with E-state index in [9.17, 15) is 18.3 Å². The van der Waals surface area contributed by atoms with Crippen molar-refractivity contribution in [3.05, 3.63) is 59.7 Å². The van der Waals surface area contributed by atoms with Gasteiger partial charge in [0.1, 0.15) is 17.4 Å².